The van der Waals surface area contributed by atoms with E-state index in [1.165, 1.54) is 5.56 Å². The van der Waals surface area contributed by atoms with Gasteiger partial charge in [-0.3, -0.25) is 0 Å². The van der Waals surface area contributed by atoms with E-state index in [1.54, 1.807) is 0 Å². The number of hydrogen-bond acceptors (Lipinski definition) is 4. The summed E-state index contributed by atoms with van der Waals surface area (Å²) in [6.45, 7) is 2.08. The lowest BCUT2D eigenvalue weighted by Gasteiger charge is -2.30. The molecule has 4 rings (SSSR count). The second kappa shape index (κ2) is 11.8. The smallest absolute Gasteiger partial charge is 0.475 e. The lowest BCUT2D eigenvalue weighted by molar-refractivity contribution is -0.192. The van der Waals surface area contributed by atoms with Gasteiger partial charge in [-0.05, 0) is 62.4 Å². The number of alkyl halides is 3. The number of nitrogens with zero attached hydrogens (tertiary/aromatic N) is 1. The fourth-order valence-electron chi connectivity index (χ4n) is 3.99. The van der Waals surface area contributed by atoms with Crippen molar-refractivity contribution in [1.29, 1.82) is 0 Å². The first-order chi connectivity index (χ1) is 17.4. The Hall–Kier alpha value is -3.96. The summed E-state index contributed by atoms with van der Waals surface area (Å²) in [6, 6.07) is 12.9. The maximum Gasteiger partial charge on any atom is 0.490 e. The first-order valence-electron chi connectivity index (χ1n) is 11.4. The van der Waals surface area contributed by atoms with Crippen LogP contribution in [0.3, 0.4) is 0 Å². The van der Waals surface area contributed by atoms with Gasteiger partial charge in [0.1, 0.15) is 17.5 Å². The highest BCUT2D eigenvalue weighted by atomic mass is 19.4. The minimum Gasteiger partial charge on any atom is -0.475 e. The van der Waals surface area contributed by atoms with E-state index >= 15 is 0 Å². The average Bonchev–Trinajstić information content (AvgIpc) is 2.79. The fraction of sp³-hybridized carbons (Fsp3) is 0.320. The molecule has 0 unspecified atom stereocenters. The van der Waals surface area contributed by atoms with E-state index in [0.717, 1.165) is 60.6 Å². The number of aryl methyl sites for hydroxylation is 1. The zero-order chi connectivity index (χ0) is 27.2. The predicted molar refractivity (Wildman–Crippen MR) is 128 cm³/mol. The number of carbonyl (C=O) groups is 2. The quantitative estimate of drug-likeness (QED) is 0.314. The topological polar surface area (TPSA) is 103 Å². The number of carboxylic acids is 1. The number of para-hydroxylation sites is 1. The van der Waals surface area contributed by atoms with Gasteiger partial charge in [-0.2, -0.15) is 13.2 Å². The highest BCUT2D eigenvalue weighted by molar-refractivity contribution is 5.89. The van der Waals surface area contributed by atoms with Gasteiger partial charge < -0.3 is 21.1 Å². The molecule has 0 radical (unpaired) electrons. The fourth-order valence-corrected chi connectivity index (χ4v) is 3.99. The van der Waals surface area contributed by atoms with Gasteiger partial charge in [-0.15, -0.1) is 0 Å². The number of rotatable bonds is 4. The van der Waals surface area contributed by atoms with Crippen LogP contribution in [0.4, 0.5) is 38.3 Å². The van der Waals surface area contributed by atoms with Crippen LogP contribution in [0, 0.1) is 18.6 Å². The third-order valence-electron chi connectivity index (χ3n) is 5.70. The van der Waals surface area contributed by atoms with Crippen LogP contribution in [-0.2, 0) is 4.79 Å². The zero-order valence-electron chi connectivity index (χ0n) is 19.7. The average molecular weight is 524 g/mol. The zero-order valence-corrected chi connectivity index (χ0v) is 19.7. The number of hydrogen-bond donors (Lipinski definition) is 4. The van der Waals surface area contributed by atoms with Crippen molar-refractivity contribution in [3.63, 3.8) is 0 Å². The molecule has 198 valence electrons. The Morgan fingerprint density at radius 1 is 0.946 bits per heavy atom. The number of nitrogens with one attached hydrogen (secondary N) is 3. The lowest BCUT2D eigenvalue weighted by Crippen LogP contribution is -2.42. The maximum absolute atomic E-state index is 13.2. The van der Waals surface area contributed by atoms with Crippen LogP contribution >= 0.6 is 0 Å². The molecule has 0 bridgehead atoms. The van der Waals surface area contributed by atoms with Crippen molar-refractivity contribution in [3.05, 3.63) is 65.7 Å². The Bertz CT molecular complexity index is 1240. The van der Waals surface area contributed by atoms with Crippen molar-refractivity contribution in [2.24, 2.45) is 0 Å². The molecule has 1 fully saturated rings. The number of aliphatic carboxylic acids is 1. The van der Waals surface area contributed by atoms with Crippen molar-refractivity contribution in [2.75, 3.05) is 10.6 Å². The van der Waals surface area contributed by atoms with E-state index in [2.05, 4.69) is 35.0 Å². The van der Waals surface area contributed by atoms with E-state index in [9.17, 15) is 26.7 Å². The summed E-state index contributed by atoms with van der Waals surface area (Å²) >= 11 is 0. The molecule has 0 aliphatic heterocycles. The number of fused-ring (bicyclic) bond motifs is 1. The summed E-state index contributed by atoms with van der Waals surface area (Å²) in [7, 11) is 0. The van der Waals surface area contributed by atoms with E-state index < -0.39 is 29.8 Å². The van der Waals surface area contributed by atoms with Crippen LogP contribution in [0.5, 0.6) is 0 Å². The number of benzene rings is 2. The van der Waals surface area contributed by atoms with Crippen LogP contribution in [0.25, 0.3) is 10.9 Å². The molecule has 7 nitrogen and oxygen atoms in total. The number of aromatic nitrogens is 1. The molecular weight excluding hydrogens is 499 g/mol. The number of halogens is 5. The number of urea groups is 1. The molecule has 0 spiro atoms. The monoisotopic (exact) mass is 524 g/mol. The molecule has 3 aromatic rings. The number of pyridine rings is 1. The molecule has 1 aromatic heterocycles. The Morgan fingerprint density at radius 2 is 1.51 bits per heavy atom. The molecule has 2 aromatic carbocycles. The van der Waals surface area contributed by atoms with Gasteiger partial charge in [0.05, 0.1) is 5.52 Å². The SMILES string of the molecule is Cc1cc(NC2CCC(NC(=O)Nc3cc(F)cc(F)c3)CC2)nc2ccccc12.O=C(O)C(F)(F)F. The summed E-state index contributed by atoms with van der Waals surface area (Å²) in [5.74, 6) is -3.34. The molecule has 1 aliphatic carbocycles. The first kappa shape index (κ1) is 27.6. The molecule has 1 aliphatic rings. The summed E-state index contributed by atoms with van der Waals surface area (Å²) in [4.78, 5) is 25.7. The molecule has 1 saturated carbocycles. The van der Waals surface area contributed by atoms with Gasteiger partial charge in [0, 0.05) is 29.2 Å². The Labute approximate surface area is 209 Å². The van der Waals surface area contributed by atoms with E-state index in [4.69, 9.17) is 14.9 Å². The highest BCUT2D eigenvalue weighted by Crippen LogP contribution is 2.25. The summed E-state index contributed by atoms with van der Waals surface area (Å²) in [5.41, 5.74) is 2.25. The van der Waals surface area contributed by atoms with Crippen LogP contribution in [0.1, 0.15) is 31.2 Å². The first-order valence-corrected chi connectivity index (χ1v) is 11.4. The highest BCUT2D eigenvalue weighted by Gasteiger charge is 2.38. The molecule has 0 atom stereocenters. The molecule has 2 amide bonds. The minimum absolute atomic E-state index is 0.0211. The van der Waals surface area contributed by atoms with Gasteiger partial charge >= 0.3 is 18.2 Å². The van der Waals surface area contributed by atoms with Crippen LogP contribution in [0.2, 0.25) is 0 Å². The third kappa shape index (κ3) is 8.29. The maximum atomic E-state index is 13.2. The molecule has 12 heteroatoms. The van der Waals surface area contributed by atoms with Gasteiger partial charge in [-0.1, -0.05) is 18.2 Å². The molecule has 4 N–H and O–H groups in total. The number of anilines is 2. The van der Waals surface area contributed by atoms with E-state index in [1.807, 2.05) is 18.2 Å². The van der Waals surface area contributed by atoms with Gasteiger partial charge in [-0.25, -0.2) is 23.4 Å². The van der Waals surface area contributed by atoms with Gasteiger partial charge in [0.15, 0.2) is 0 Å². The molecule has 37 heavy (non-hydrogen) atoms. The van der Waals surface area contributed by atoms with E-state index in [0.29, 0.717) is 0 Å². The Balaban J connectivity index is 0.000000479. The van der Waals surface area contributed by atoms with Crippen LogP contribution in [-0.4, -0.2) is 40.4 Å². The second-order valence-corrected chi connectivity index (χ2v) is 8.59. The van der Waals surface area contributed by atoms with Crippen molar-refractivity contribution < 1.29 is 36.6 Å². The van der Waals surface area contributed by atoms with Crippen molar-refractivity contribution >= 4 is 34.4 Å². The number of amides is 2. The molecular formula is C25H25F5N4O3. The summed E-state index contributed by atoms with van der Waals surface area (Å²) < 4.78 is 58.2. The van der Waals surface area contributed by atoms with Crippen molar-refractivity contribution in [3.8, 4) is 0 Å². The molecule has 1 heterocycles. The Morgan fingerprint density at radius 3 is 2.11 bits per heavy atom. The van der Waals surface area contributed by atoms with Crippen LogP contribution in [0.15, 0.2) is 48.5 Å². The minimum atomic E-state index is -5.08. The van der Waals surface area contributed by atoms with Crippen LogP contribution < -0.4 is 16.0 Å². The third-order valence-corrected chi connectivity index (χ3v) is 5.70. The van der Waals surface area contributed by atoms with Gasteiger partial charge in [0.25, 0.3) is 0 Å². The van der Waals surface area contributed by atoms with E-state index in [-0.39, 0.29) is 17.8 Å². The summed E-state index contributed by atoms with van der Waals surface area (Å²) in [5, 5.41) is 17.2. The Kier molecular flexibility index (Phi) is 8.85. The largest absolute Gasteiger partial charge is 0.490 e. The second-order valence-electron chi connectivity index (χ2n) is 8.59. The molecule has 0 saturated heterocycles. The standard InChI is InChI=1S/C23H24F2N4O.C2HF3O2/c1-14-10-22(29-21-5-3-2-4-20(14)21)26-17-6-8-18(9-7-17)27-23(30)28-19-12-15(24)11-16(25)13-19;3-2(4,5)1(6)7/h2-5,10-13,17-18H,6-9H2,1H3,(H,26,29)(H2,27,28,30);(H,6,7). The predicted octanol–water partition coefficient (Wildman–Crippen LogP) is 6.00. The van der Waals surface area contributed by atoms with Gasteiger partial charge in [0.2, 0.25) is 0 Å². The summed E-state index contributed by atoms with van der Waals surface area (Å²) in [6.07, 6.45) is -1.66. The van der Waals surface area contributed by atoms with Crippen molar-refractivity contribution in [1.82, 2.24) is 10.3 Å². The van der Waals surface area contributed by atoms with Crippen molar-refractivity contribution in [2.45, 2.75) is 50.9 Å². The normalized spacial score (nSPS) is 17.4. The number of carboxylic acid groups (broad SMARTS) is 1. The lowest BCUT2D eigenvalue weighted by atomic mass is 9.91. The number of carbonyl (C=O) groups excluding carboxylic acids is 1.